The van der Waals surface area contributed by atoms with Gasteiger partial charge in [-0.3, -0.25) is 4.79 Å². The van der Waals surface area contributed by atoms with Gasteiger partial charge in [0.1, 0.15) is 6.10 Å². The Morgan fingerprint density at radius 3 is 2.88 bits per heavy atom. The molecule has 1 fully saturated rings. The molecule has 0 aliphatic carbocycles. The molecule has 1 saturated heterocycles. The number of H-pyrrole nitrogens is 1. The van der Waals surface area contributed by atoms with E-state index in [0.717, 1.165) is 42.5 Å². The second-order valence-corrected chi connectivity index (χ2v) is 6.36. The minimum Gasteiger partial charge on any atom is -0.474 e. The lowest BCUT2D eigenvalue weighted by molar-refractivity contribution is 0.0237. The Bertz CT molecular complexity index is 883. The number of rotatable bonds is 5. The highest BCUT2D eigenvalue weighted by atomic mass is 16.5. The van der Waals surface area contributed by atoms with Crippen molar-refractivity contribution in [3.63, 3.8) is 0 Å². The van der Waals surface area contributed by atoms with Crippen molar-refractivity contribution in [2.75, 3.05) is 13.2 Å². The molecule has 0 unspecified atom stereocenters. The number of pyridine rings is 1. The summed E-state index contributed by atoms with van der Waals surface area (Å²) in [5, 5.41) is 4.05. The summed E-state index contributed by atoms with van der Waals surface area (Å²) in [6.07, 6.45) is 5.36. The van der Waals surface area contributed by atoms with E-state index >= 15 is 0 Å². The molecule has 6 heteroatoms. The lowest BCUT2D eigenvalue weighted by atomic mass is 10.1. The monoisotopic (exact) mass is 351 g/mol. The molecule has 134 valence electrons. The summed E-state index contributed by atoms with van der Waals surface area (Å²) in [5.74, 6) is 0.394. The third-order valence-corrected chi connectivity index (χ3v) is 4.57. The number of carbonyl (C=O) groups excluding carboxylic acids is 1. The molecule has 0 radical (unpaired) electrons. The van der Waals surface area contributed by atoms with Gasteiger partial charge in [-0.05, 0) is 17.7 Å². The van der Waals surface area contributed by atoms with Gasteiger partial charge in [0.05, 0.1) is 18.8 Å². The number of para-hydroxylation sites is 1. The predicted molar refractivity (Wildman–Crippen MR) is 98.2 cm³/mol. The van der Waals surface area contributed by atoms with Crippen molar-refractivity contribution < 1.29 is 14.3 Å². The van der Waals surface area contributed by atoms with Gasteiger partial charge in [-0.2, -0.15) is 0 Å². The third kappa shape index (κ3) is 3.70. The molecule has 26 heavy (non-hydrogen) atoms. The molecule has 0 bridgehead atoms. The smallest absolute Gasteiger partial charge is 0.253 e. The molecule has 0 atom stereocenters. The van der Waals surface area contributed by atoms with E-state index in [4.69, 9.17) is 9.47 Å². The van der Waals surface area contributed by atoms with E-state index in [1.54, 1.807) is 18.3 Å². The van der Waals surface area contributed by atoms with Crippen molar-refractivity contribution in [3.8, 4) is 5.88 Å². The number of ether oxygens (including phenoxy) is 2. The van der Waals surface area contributed by atoms with Crippen LogP contribution in [0.1, 0.15) is 28.8 Å². The Kier molecular flexibility index (Phi) is 4.84. The second-order valence-electron chi connectivity index (χ2n) is 6.36. The van der Waals surface area contributed by atoms with Gasteiger partial charge < -0.3 is 19.8 Å². The molecular formula is C20H21N3O3. The average molecular weight is 351 g/mol. The van der Waals surface area contributed by atoms with Crippen LogP contribution in [0.15, 0.2) is 48.8 Å². The molecule has 6 nitrogen and oxygen atoms in total. The Morgan fingerprint density at radius 1 is 1.23 bits per heavy atom. The maximum atomic E-state index is 12.4. The van der Waals surface area contributed by atoms with Crippen molar-refractivity contribution in [1.29, 1.82) is 0 Å². The molecule has 4 rings (SSSR count). The first kappa shape index (κ1) is 16.6. The van der Waals surface area contributed by atoms with Crippen molar-refractivity contribution in [2.45, 2.75) is 25.5 Å². The molecule has 1 amide bonds. The number of hydrogen-bond donors (Lipinski definition) is 2. The highest BCUT2D eigenvalue weighted by molar-refractivity contribution is 5.94. The zero-order valence-electron chi connectivity index (χ0n) is 14.4. The number of aromatic nitrogens is 2. The van der Waals surface area contributed by atoms with Crippen LogP contribution in [0.5, 0.6) is 5.88 Å². The number of hydrogen-bond acceptors (Lipinski definition) is 4. The Morgan fingerprint density at radius 2 is 2.08 bits per heavy atom. The highest BCUT2D eigenvalue weighted by Gasteiger charge is 2.16. The fourth-order valence-corrected chi connectivity index (χ4v) is 3.10. The second kappa shape index (κ2) is 7.58. The van der Waals surface area contributed by atoms with Crippen LogP contribution in [0.2, 0.25) is 0 Å². The molecule has 1 aliphatic heterocycles. The first-order valence-electron chi connectivity index (χ1n) is 8.83. The zero-order valence-corrected chi connectivity index (χ0v) is 14.4. The van der Waals surface area contributed by atoms with Crippen molar-refractivity contribution >= 4 is 16.8 Å². The maximum Gasteiger partial charge on any atom is 0.253 e. The zero-order chi connectivity index (χ0) is 17.8. The quantitative estimate of drug-likeness (QED) is 0.741. The van der Waals surface area contributed by atoms with E-state index in [2.05, 4.69) is 15.3 Å². The molecule has 3 aromatic rings. The van der Waals surface area contributed by atoms with E-state index in [-0.39, 0.29) is 12.0 Å². The number of benzene rings is 1. The van der Waals surface area contributed by atoms with E-state index in [1.807, 2.05) is 30.5 Å². The fourth-order valence-electron chi connectivity index (χ4n) is 3.10. The summed E-state index contributed by atoms with van der Waals surface area (Å²) in [4.78, 5) is 19.8. The van der Waals surface area contributed by atoms with Gasteiger partial charge in [0.15, 0.2) is 0 Å². The average Bonchev–Trinajstić information content (AvgIpc) is 3.11. The summed E-state index contributed by atoms with van der Waals surface area (Å²) >= 11 is 0. The van der Waals surface area contributed by atoms with Crippen LogP contribution in [-0.4, -0.2) is 35.2 Å². The third-order valence-electron chi connectivity index (χ3n) is 4.57. The topological polar surface area (TPSA) is 76.2 Å². The molecular weight excluding hydrogens is 330 g/mol. The fraction of sp³-hybridized carbons (Fsp3) is 0.300. The number of nitrogens with one attached hydrogen (secondary N) is 2. The van der Waals surface area contributed by atoms with Crippen LogP contribution in [0.4, 0.5) is 0 Å². The van der Waals surface area contributed by atoms with Crippen LogP contribution in [0, 0.1) is 0 Å². The van der Waals surface area contributed by atoms with Crippen molar-refractivity contribution in [1.82, 2.24) is 15.3 Å². The number of amides is 1. The number of nitrogens with zero attached hydrogens (tertiary/aromatic N) is 1. The van der Waals surface area contributed by atoms with Gasteiger partial charge in [-0.15, -0.1) is 0 Å². The van der Waals surface area contributed by atoms with E-state index in [0.29, 0.717) is 18.0 Å². The van der Waals surface area contributed by atoms with Gasteiger partial charge in [-0.25, -0.2) is 4.98 Å². The Hall–Kier alpha value is -2.86. The van der Waals surface area contributed by atoms with Crippen LogP contribution in [-0.2, 0) is 11.3 Å². The molecule has 3 heterocycles. The van der Waals surface area contributed by atoms with E-state index in [1.165, 1.54) is 0 Å². The largest absolute Gasteiger partial charge is 0.474 e. The lowest BCUT2D eigenvalue weighted by Crippen LogP contribution is -2.26. The van der Waals surface area contributed by atoms with Gasteiger partial charge in [-0.1, -0.05) is 18.2 Å². The van der Waals surface area contributed by atoms with Gasteiger partial charge in [0.25, 0.3) is 5.91 Å². The van der Waals surface area contributed by atoms with E-state index in [9.17, 15) is 4.79 Å². The standard InChI is InChI=1S/C20H21N3O3/c24-20(23-13-15-12-21-18-4-2-1-3-17(15)18)14-5-6-19(22-11-14)26-16-7-9-25-10-8-16/h1-6,11-12,16,21H,7-10,13H2,(H,23,24). The number of carbonyl (C=O) groups is 1. The highest BCUT2D eigenvalue weighted by Crippen LogP contribution is 2.18. The molecule has 2 N–H and O–H groups in total. The lowest BCUT2D eigenvalue weighted by Gasteiger charge is -2.22. The van der Waals surface area contributed by atoms with Crippen molar-refractivity contribution in [3.05, 3.63) is 59.9 Å². The van der Waals surface area contributed by atoms with E-state index < -0.39 is 0 Å². The summed E-state index contributed by atoms with van der Waals surface area (Å²) in [6, 6.07) is 11.5. The molecule has 0 spiro atoms. The minimum absolute atomic E-state index is 0.137. The SMILES string of the molecule is O=C(NCc1c[nH]c2ccccc12)c1ccc(OC2CCOCC2)nc1. The predicted octanol–water partition coefficient (Wildman–Crippen LogP) is 3.05. The van der Waals surface area contributed by atoms with Crippen LogP contribution in [0.3, 0.4) is 0 Å². The normalized spacial score (nSPS) is 15.1. The summed E-state index contributed by atoms with van der Waals surface area (Å²) in [6.45, 7) is 1.90. The van der Waals surface area contributed by atoms with Crippen LogP contribution < -0.4 is 10.1 Å². The summed E-state index contributed by atoms with van der Waals surface area (Å²) in [7, 11) is 0. The number of aromatic amines is 1. The molecule has 0 saturated carbocycles. The summed E-state index contributed by atoms with van der Waals surface area (Å²) in [5.41, 5.74) is 2.64. The first-order valence-corrected chi connectivity index (χ1v) is 8.83. The molecule has 1 aliphatic rings. The Labute approximate surface area is 151 Å². The number of fused-ring (bicyclic) bond motifs is 1. The van der Waals surface area contributed by atoms with Gasteiger partial charge in [0.2, 0.25) is 5.88 Å². The van der Waals surface area contributed by atoms with Gasteiger partial charge in [0, 0.05) is 48.7 Å². The first-order chi connectivity index (χ1) is 12.8. The van der Waals surface area contributed by atoms with Crippen LogP contribution in [0.25, 0.3) is 10.9 Å². The maximum absolute atomic E-state index is 12.4. The van der Waals surface area contributed by atoms with Crippen molar-refractivity contribution in [2.24, 2.45) is 0 Å². The molecule has 2 aromatic heterocycles. The minimum atomic E-state index is -0.152. The molecule has 1 aromatic carbocycles. The van der Waals surface area contributed by atoms with Crippen LogP contribution >= 0.6 is 0 Å². The Balaban J connectivity index is 1.35. The summed E-state index contributed by atoms with van der Waals surface area (Å²) < 4.78 is 11.1. The van der Waals surface area contributed by atoms with Gasteiger partial charge >= 0.3 is 0 Å².